The van der Waals surface area contributed by atoms with Gasteiger partial charge in [-0.05, 0) is 63.3 Å². The standard InChI is InChI=1S/C19H29N3OS/c23-19(16-7-3-6-14-10-11-20-18(14)16)22-21-12-15-8-9-17(24-15)13-4-1-2-5-13/h1,4,12-18,20H,2-3,5-11H2,(H,22,23)/b21-12+/t13-,14?,15?,16?,17?,18?/m0/s1. The fraction of sp³-hybridized carbons (Fsp3) is 0.789. The summed E-state index contributed by atoms with van der Waals surface area (Å²) in [6, 6.07) is 0.383. The van der Waals surface area contributed by atoms with Crippen LogP contribution in [0.1, 0.15) is 51.4 Å². The molecule has 0 spiro atoms. The van der Waals surface area contributed by atoms with Crippen molar-refractivity contribution >= 4 is 23.9 Å². The van der Waals surface area contributed by atoms with Gasteiger partial charge in [0.25, 0.3) is 0 Å². The molecule has 1 amide bonds. The Morgan fingerprint density at radius 1 is 1.21 bits per heavy atom. The molecule has 4 rings (SSSR count). The van der Waals surface area contributed by atoms with E-state index in [1.807, 2.05) is 18.0 Å². The number of hydrogen-bond donors (Lipinski definition) is 2. The first-order valence-corrected chi connectivity index (χ1v) is 10.6. The van der Waals surface area contributed by atoms with Crippen molar-refractivity contribution in [2.75, 3.05) is 6.54 Å². The Balaban J connectivity index is 1.25. The highest BCUT2D eigenvalue weighted by molar-refractivity contribution is 8.01. The summed E-state index contributed by atoms with van der Waals surface area (Å²) in [5, 5.41) is 9.06. The normalized spacial score (nSPS) is 41.8. The van der Waals surface area contributed by atoms with E-state index in [1.54, 1.807) is 0 Å². The summed E-state index contributed by atoms with van der Waals surface area (Å²) >= 11 is 2.05. The van der Waals surface area contributed by atoms with E-state index < -0.39 is 0 Å². The van der Waals surface area contributed by atoms with Crippen molar-refractivity contribution < 1.29 is 4.79 Å². The molecule has 0 radical (unpaired) electrons. The highest BCUT2D eigenvalue weighted by Crippen LogP contribution is 2.41. The predicted molar refractivity (Wildman–Crippen MR) is 100 cm³/mol. The van der Waals surface area contributed by atoms with Gasteiger partial charge in [0.1, 0.15) is 0 Å². The summed E-state index contributed by atoms with van der Waals surface area (Å²) in [5.74, 6) is 1.68. The number of rotatable bonds is 4. The van der Waals surface area contributed by atoms with Crippen LogP contribution < -0.4 is 10.7 Å². The Morgan fingerprint density at radius 3 is 3.04 bits per heavy atom. The zero-order valence-electron chi connectivity index (χ0n) is 14.3. The summed E-state index contributed by atoms with van der Waals surface area (Å²) in [5.41, 5.74) is 2.84. The maximum atomic E-state index is 12.5. The second-order valence-electron chi connectivity index (χ2n) is 7.78. The van der Waals surface area contributed by atoms with Crippen LogP contribution in [0.15, 0.2) is 17.3 Å². The maximum Gasteiger partial charge on any atom is 0.244 e. The molecule has 1 saturated carbocycles. The minimum absolute atomic E-state index is 0.107. The topological polar surface area (TPSA) is 53.5 Å². The van der Waals surface area contributed by atoms with Gasteiger partial charge in [0, 0.05) is 22.8 Å². The van der Waals surface area contributed by atoms with E-state index in [0.717, 1.165) is 24.1 Å². The van der Waals surface area contributed by atoms with E-state index in [1.165, 1.54) is 44.9 Å². The van der Waals surface area contributed by atoms with Gasteiger partial charge < -0.3 is 5.32 Å². The van der Waals surface area contributed by atoms with Crippen molar-refractivity contribution in [3.63, 3.8) is 0 Å². The molecule has 0 aromatic heterocycles. The van der Waals surface area contributed by atoms with Gasteiger partial charge in [0.2, 0.25) is 5.91 Å². The van der Waals surface area contributed by atoms with Crippen molar-refractivity contribution in [2.24, 2.45) is 22.9 Å². The van der Waals surface area contributed by atoms with Crippen LogP contribution in [0, 0.1) is 17.8 Å². The zero-order valence-corrected chi connectivity index (χ0v) is 15.1. The highest BCUT2D eigenvalue weighted by Gasteiger charge is 2.39. The van der Waals surface area contributed by atoms with Gasteiger partial charge in [-0.25, -0.2) is 5.43 Å². The minimum Gasteiger partial charge on any atom is -0.313 e. The first-order chi connectivity index (χ1) is 11.8. The lowest BCUT2D eigenvalue weighted by atomic mass is 9.77. The van der Waals surface area contributed by atoms with E-state index in [9.17, 15) is 4.79 Å². The SMILES string of the molecule is O=C(N/N=C/C1CCC([C@H]2C=CCC2)S1)C1CCCC2CCNC21. The molecule has 4 aliphatic rings. The molecule has 2 saturated heterocycles. The predicted octanol–water partition coefficient (Wildman–Crippen LogP) is 3.10. The van der Waals surface area contributed by atoms with Gasteiger partial charge in [0.05, 0.1) is 5.92 Å². The van der Waals surface area contributed by atoms with E-state index >= 15 is 0 Å². The quantitative estimate of drug-likeness (QED) is 0.467. The number of amides is 1. The lowest BCUT2D eigenvalue weighted by molar-refractivity contribution is -0.127. The van der Waals surface area contributed by atoms with Crippen LogP contribution in [-0.4, -0.2) is 35.2 Å². The molecule has 0 aromatic rings. The molecular weight excluding hydrogens is 318 g/mol. The fourth-order valence-corrected chi connectivity index (χ4v) is 6.55. The summed E-state index contributed by atoms with van der Waals surface area (Å²) < 4.78 is 0. The van der Waals surface area contributed by atoms with Gasteiger partial charge in [-0.1, -0.05) is 18.6 Å². The molecule has 4 nitrogen and oxygen atoms in total. The van der Waals surface area contributed by atoms with Gasteiger partial charge >= 0.3 is 0 Å². The second kappa shape index (κ2) is 7.61. The molecule has 0 bridgehead atoms. The van der Waals surface area contributed by atoms with E-state index in [4.69, 9.17) is 0 Å². The number of carbonyl (C=O) groups is 1. The summed E-state index contributed by atoms with van der Waals surface area (Å²) in [7, 11) is 0. The summed E-state index contributed by atoms with van der Waals surface area (Å²) in [6.45, 7) is 1.07. The lowest BCUT2D eigenvalue weighted by Crippen LogP contribution is -2.45. The fourth-order valence-electron chi connectivity index (χ4n) is 5.00. The first-order valence-electron chi connectivity index (χ1n) is 9.70. The minimum atomic E-state index is 0.107. The molecule has 2 N–H and O–H groups in total. The van der Waals surface area contributed by atoms with E-state index in [2.05, 4.69) is 28.0 Å². The van der Waals surface area contributed by atoms with Crippen molar-refractivity contribution in [1.29, 1.82) is 0 Å². The number of carbonyl (C=O) groups excluding carboxylic acids is 1. The Labute approximate surface area is 149 Å². The maximum absolute atomic E-state index is 12.5. The molecule has 5 unspecified atom stereocenters. The molecule has 0 aromatic carbocycles. The molecular formula is C19H29N3OS. The molecule has 6 atom stereocenters. The Morgan fingerprint density at radius 2 is 2.17 bits per heavy atom. The van der Waals surface area contributed by atoms with Gasteiger partial charge in [-0.15, -0.1) is 11.8 Å². The van der Waals surface area contributed by atoms with Crippen LogP contribution >= 0.6 is 11.8 Å². The smallest absolute Gasteiger partial charge is 0.244 e. The van der Waals surface area contributed by atoms with Gasteiger partial charge in [-0.3, -0.25) is 4.79 Å². The number of thioether (sulfide) groups is 1. The number of nitrogens with zero attached hydrogens (tertiary/aromatic N) is 1. The Hall–Kier alpha value is -0.810. The third-order valence-corrected chi connectivity index (χ3v) is 7.93. The third-order valence-electron chi connectivity index (χ3n) is 6.29. The Bertz CT molecular complexity index is 521. The van der Waals surface area contributed by atoms with Crippen LogP contribution in [0.25, 0.3) is 0 Å². The monoisotopic (exact) mass is 347 g/mol. The molecule has 5 heteroatoms. The third kappa shape index (κ3) is 3.57. The van der Waals surface area contributed by atoms with Crippen LogP contribution in [0.4, 0.5) is 0 Å². The Kier molecular flexibility index (Phi) is 5.28. The van der Waals surface area contributed by atoms with Crippen molar-refractivity contribution in [2.45, 2.75) is 67.9 Å². The summed E-state index contributed by atoms with van der Waals surface area (Å²) in [6.07, 6.45) is 16.4. The average Bonchev–Trinajstić information content (AvgIpc) is 3.34. The first kappa shape index (κ1) is 16.6. The second-order valence-corrected chi connectivity index (χ2v) is 9.26. The molecule has 2 heterocycles. The van der Waals surface area contributed by atoms with Crippen LogP contribution in [0.2, 0.25) is 0 Å². The number of allylic oxidation sites excluding steroid dienone is 2. The van der Waals surface area contributed by atoms with Crippen molar-refractivity contribution in [3.8, 4) is 0 Å². The molecule has 2 aliphatic heterocycles. The largest absolute Gasteiger partial charge is 0.313 e. The van der Waals surface area contributed by atoms with Gasteiger partial charge in [0.15, 0.2) is 0 Å². The van der Waals surface area contributed by atoms with Crippen molar-refractivity contribution in [3.05, 3.63) is 12.2 Å². The number of nitrogens with one attached hydrogen (secondary N) is 2. The average molecular weight is 348 g/mol. The van der Waals surface area contributed by atoms with Crippen molar-refractivity contribution in [1.82, 2.24) is 10.7 Å². The number of hydrazone groups is 1. The number of fused-ring (bicyclic) bond motifs is 1. The van der Waals surface area contributed by atoms with E-state index in [0.29, 0.717) is 17.2 Å². The highest BCUT2D eigenvalue weighted by atomic mass is 32.2. The van der Waals surface area contributed by atoms with Crippen LogP contribution in [0.5, 0.6) is 0 Å². The van der Waals surface area contributed by atoms with E-state index in [-0.39, 0.29) is 11.8 Å². The van der Waals surface area contributed by atoms with Crippen LogP contribution in [0.3, 0.4) is 0 Å². The molecule has 132 valence electrons. The molecule has 2 aliphatic carbocycles. The van der Waals surface area contributed by atoms with Gasteiger partial charge in [-0.2, -0.15) is 5.10 Å². The van der Waals surface area contributed by atoms with Crippen LogP contribution in [-0.2, 0) is 4.79 Å². The lowest BCUT2D eigenvalue weighted by Gasteiger charge is -2.32. The zero-order chi connectivity index (χ0) is 16.4. The summed E-state index contributed by atoms with van der Waals surface area (Å²) in [4.78, 5) is 12.5. The molecule has 3 fully saturated rings. The molecule has 24 heavy (non-hydrogen) atoms. The number of hydrogen-bond acceptors (Lipinski definition) is 4.